The first kappa shape index (κ1) is 32.5. The zero-order valence-electron chi connectivity index (χ0n) is 25.7. The maximum atomic E-state index is 6.47. The van der Waals surface area contributed by atoms with Crippen LogP contribution in [0.4, 0.5) is 0 Å². The summed E-state index contributed by atoms with van der Waals surface area (Å²) in [6.45, 7) is 7.25. The van der Waals surface area contributed by atoms with Crippen molar-refractivity contribution in [3.63, 3.8) is 0 Å². The van der Waals surface area contributed by atoms with Gasteiger partial charge in [-0.2, -0.15) is 0 Å². The van der Waals surface area contributed by atoms with Crippen LogP contribution >= 0.6 is 11.6 Å². The summed E-state index contributed by atoms with van der Waals surface area (Å²) in [4.78, 5) is 0. The average Bonchev–Trinajstić information content (AvgIpc) is 2.97. The van der Waals surface area contributed by atoms with Gasteiger partial charge in [-0.1, -0.05) is 121 Å². The van der Waals surface area contributed by atoms with Crippen LogP contribution in [0.1, 0.15) is 133 Å². The van der Waals surface area contributed by atoms with Crippen LogP contribution in [0.3, 0.4) is 0 Å². The smallest absolute Gasteiger partial charge is 0.184 e. The summed E-state index contributed by atoms with van der Waals surface area (Å²) in [5, 5.41) is 0.797. The van der Waals surface area contributed by atoms with E-state index >= 15 is 0 Å². The fourth-order valence-corrected chi connectivity index (χ4v) is 6.06. The molecule has 0 unspecified atom stereocenters. The Morgan fingerprint density at radius 2 is 1.32 bits per heavy atom. The van der Waals surface area contributed by atoms with Gasteiger partial charge in [0.1, 0.15) is 6.54 Å². The second kappa shape index (κ2) is 19.2. The second-order valence-corrected chi connectivity index (χ2v) is 12.0. The third kappa shape index (κ3) is 10.8. The van der Waals surface area contributed by atoms with E-state index in [2.05, 4.69) is 42.7 Å². The van der Waals surface area contributed by atoms with Crippen LogP contribution in [-0.4, -0.2) is 30.5 Å². The normalized spacial score (nSPS) is 13.0. The van der Waals surface area contributed by atoms with Crippen LogP contribution < -0.4 is 9.47 Å². The quantitative estimate of drug-likeness (QED) is 0.110. The first-order chi connectivity index (χ1) is 19.7. The van der Waals surface area contributed by atoms with E-state index in [-0.39, 0.29) is 0 Å². The SMILES string of the molecule is CCCCCCCCCCCC1=[N+](Cc2ccc(Cl)cc2)CCc2c1ccc(OC)c2OCCCCCCCC. The summed E-state index contributed by atoms with van der Waals surface area (Å²) in [5.74, 6) is 1.85. The van der Waals surface area contributed by atoms with E-state index in [0.717, 1.165) is 55.5 Å². The molecule has 0 N–H and O–H groups in total. The van der Waals surface area contributed by atoms with Gasteiger partial charge in [0, 0.05) is 34.6 Å². The van der Waals surface area contributed by atoms with Crippen molar-refractivity contribution in [2.75, 3.05) is 20.3 Å². The molecule has 1 heterocycles. The number of nitrogens with zero attached hydrogens (tertiary/aromatic N) is 1. The van der Waals surface area contributed by atoms with E-state index in [0.29, 0.717) is 0 Å². The molecule has 0 spiro atoms. The van der Waals surface area contributed by atoms with Crippen LogP contribution in [-0.2, 0) is 13.0 Å². The van der Waals surface area contributed by atoms with Gasteiger partial charge in [-0.3, -0.25) is 0 Å². The Morgan fingerprint density at radius 3 is 1.95 bits per heavy atom. The van der Waals surface area contributed by atoms with Crippen molar-refractivity contribution in [3.05, 3.63) is 58.1 Å². The van der Waals surface area contributed by atoms with E-state index in [9.17, 15) is 0 Å². The van der Waals surface area contributed by atoms with Gasteiger partial charge < -0.3 is 9.47 Å². The Hall–Kier alpha value is -2.00. The van der Waals surface area contributed by atoms with Gasteiger partial charge in [0.2, 0.25) is 0 Å². The molecule has 1 aliphatic rings. The van der Waals surface area contributed by atoms with Gasteiger partial charge in [0.25, 0.3) is 0 Å². The van der Waals surface area contributed by atoms with Crippen LogP contribution in [0.15, 0.2) is 36.4 Å². The number of ether oxygens (including phenoxy) is 2. The molecule has 3 nitrogen and oxygen atoms in total. The van der Waals surface area contributed by atoms with Crippen LogP contribution in [0.5, 0.6) is 11.5 Å². The summed E-state index contributed by atoms with van der Waals surface area (Å²) in [7, 11) is 1.77. The van der Waals surface area contributed by atoms with E-state index < -0.39 is 0 Å². The number of hydrogen-bond acceptors (Lipinski definition) is 2. The highest BCUT2D eigenvalue weighted by Gasteiger charge is 2.29. The van der Waals surface area contributed by atoms with Crippen molar-refractivity contribution in [1.29, 1.82) is 0 Å². The molecule has 0 fully saturated rings. The van der Waals surface area contributed by atoms with Crippen LogP contribution in [0.2, 0.25) is 5.02 Å². The molecule has 0 saturated carbocycles. The molecule has 2 aromatic rings. The van der Waals surface area contributed by atoms with Crippen molar-refractivity contribution in [1.82, 2.24) is 0 Å². The fraction of sp³-hybridized carbons (Fsp3) is 0.639. The molecule has 1 aliphatic heterocycles. The van der Waals surface area contributed by atoms with Gasteiger partial charge >= 0.3 is 0 Å². The van der Waals surface area contributed by atoms with Gasteiger partial charge in [-0.25, -0.2) is 4.58 Å². The van der Waals surface area contributed by atoms with Crippen LogP contribution in [0, 0.1) is 0 Å². The van der Waals surface area contributed by atoms with E-state index in [1.165, 1.54) is 112 Å². The minimum atomic E-state index is 0.765. The first-order valence-corrected chi connectivity index (χ1v) is 16.7. The number of unbranched alkanes of at least 4 members (excludes halogenated alkanes) is 13. The molecule has 0 aromatic heterocycles. The minimum absolute atomic E-state index is 0.765. The Bertz CT molecular complexity index is 1010. The maximum absolute atomic E-state index is 6.47. The predicted molar refractivity (Wildman–Crippen MR) is 172 cm³/mol. The molecular formula is C36H55ClNO2+. The Labute approximate surface area is 250 Å². The lowest BCUT2D eigenvalue weighted by atomic mass is 9.91. The van der Waals surface area contributed by atoms with Gasteiger partial charge in [0.15, 0.2) is 23.8 Å². The lowest BCUT2D eigenvalue weighted by Gasteiger charge is -2.23. The summed E-state index contributed by atoms with van der Waals surface area (Å²) in [5.41, 5.74) is 5.47. The van der Waals surface area contributed by atoms with Crippen molar-refractivity contribution in [2.45, 2.75) is 130 Å². The zero-order chi connectivity index (χ0) is 28.4. The summed E-state index contributed by atoms with van der Waals surface area (Å²) >= 11 is 6.18. The Morgan fingerprint density at radius 1 is 0.725 bits per heavy atom. The van der Waals surface area contributed by atoms with Gasteiger partial charge in [-0.05, 0) is 37.1 Å². The van der Waals surface area contributed by atoms with E-state index in [1.807, 2.05) is 12.1 Å². The zero-order valence-corrected chi connectivity index (χ0v) is 26.5. The van der Waals surface area contributed by atoms with E-state index in [4.69, 9.17) is 21.1 Å². The largest absolute Gasteiger partial charge is 0.493 e. The number of halogens is 1. The standard InChI is InChI=1S/C36H55ClNO2/c1-4-6-8-10-12-13-14-15-17-19-34-32-24-25-35(39-3)36(40-28-18-16-11-9-7-5-2)33(32)26-27-38(34)29-30-20-22-31(37)23-21-30/h20-25H,4-19,26-29H2,1-3H3/q+1. The average molecular weight is 569 g/mol. The van der Waals surface area contributed by atoms with Crippen LogP contribution in [0.25, 0.3) is 0 Å². The molecule has 0 atom stereocenters. The second-order valence-electron chi connectivity index (χ2n) is 11.6. The highest BCUT2D eigenvalue weighted by atomic mass is 35.5. The minimum Gasteiger partial charge on any atom is -0.493 e. The highest BCUT2D eigenvalue weighted by Crippen LogP contribution is 2.37. The third-order valence-electron chi connectivity index (χ3n) is 8.32. The van der Waals surface area contributed by atoms with Crippen molar-refractivity contribution < 1.29 is 14.0 Å². The Kier molecular flexibility index (Phi) is 15.6. The molecule has 3 rings (SSSR count). The molecule has 2 aromatic carbocycles. The topological polar surface area (TPSA) is 21.5 Å². The van der Waals surface area contributed by atoms with Crippen molar-refractivity contribution in [2.24, 2.45) is 0 Å². The fourth-order valence-electron chi connectivity index (χ4n) is 5.93. The molecule has 0 saturated heterocycles. The monoisotopic (exact) mass is 568 g/mol. The third-order valence-corrected chi connectivity index (χ3v) is 8.57. The lowest BCUT2D eigenvalue weighted by molar-refractivity contribution is -0.545. The lowest BCUT2D eigenvalue weighted by Crippen LogP contribution is -2.30. The van der Waals surface area contributed by atoms with Gasteiger partial charge in [-0.15, -0.1) is 0 Å². The van der Waals surface area contributed by atoms with Gasteiger partial charge in [0.05, 0.1) is 13.7 Å². The highest BCUT2D eigenvalue weighted by molar-refractivity contribution is 6.30. The number of methoxy groups -OCH3 is 1. The number of fused-ring (bicyclic) bond motifs is 1. The summed E-state index contributed by atoms with van der Waals surface area (Å²) < 4.78 is 14.9. The molecular weight excluding hydrogens is 514 g/mol. The number of rotatable bonds is 21. The summed E-state index contributed by atoms with van der Waals surface area (Å²) in [6.07, 6.45) is 21.9. The maximum Gasteiger partial charge on any atom is 0.184 e. The van der Waals surface area contributed by atoms with Crippen molar-refractivity contribution >= 4 is 17.3 Å². The molecule has 4 heteroatoms. The predicted octanol–water partition coefficient (Wildman–Crippen LogP) is 10.6. The molecule has 0 aliphatic carbocycles. The van der Waals surface area contributed by atoms with E-state index in [1.54, 1.807) is 7.11 Å². The molecule has 0 bridgehead atoms. The van der Waals surface area contributed by atoms with Crippen molar-refractivity contribution in [3.8, 4) is 11.5 Å². The number of hydrogen-bond donors (Lipinski definition) is 0. The summed E-state index contributed by atoms with van der Waals surface area (Å²) in [6, 6.07) is 12.7. The molecule has 0 radical (unpaired) electrons. The molecule has 40 heavy (non-hydrogen) atoms. The first-order valence-electron chi connectivity index (χ1n) is 16.4. The number of benzene rings is 2. The molecule has 222 valence electrons. The Balaban J connectivity index is 1.71. The molecule has 0 amide bonds.